The van der Waals surface area contributed by atoms with Gasteiger partial charge in [0, 0.05) is 12.2 Å². The van der Waals surface area contributed by atoms with Crippen LogP contribution >= 0.6 is 11.8 Å². The fourth-order valence-corrected chi connectivity index (χ4v) is 1.35. The molecule has 0 spiro atoms. The topological polar surface area (TPSA) is 55.4 Å². The molecule has 16 heavy (non-hydrogen) atoms. The molecule has 0 aliphatic heterocycles. The van der Waals surface area contributed by atoms with Gasteiger partial charge in [0.1, 0.15) is 11.6 Å². The van der Waals surface area contributed by atoms with Gasteiger partial charge in [-0.15, -0.1) is 0 Å². The van der Waals surface area contributed by atoms with Crippen LogP contribution in [0.3, 0.4) is 0 Å². The molecule has 5 heteroatoms. The lowest BCUT2D eigenvalue weighted by atomic mass is 10.2. The largest absolute Gasteiger partial charge is 0.458 e. The first-order valence-corrected chi connectivity index (χ1v) is 6.67. The first-order valence-electron chi connectivity index (χ1n) is 5.27. The molecule has 0 saturated heterocycles. The minimum Gasteiger partial charge on any atom is -0.458 e. The van der Waals surface area contributed by atoms with Gasteiger partial charge < -0.3 is 10.1 Å². The minimum absolute atomic E-state index is 0.118. The molecule has 1 amide bonds. The number of esters is 1. The normalized spacial score (nSPS) is 13.1. The van der Waals surface area contributed by atoms with Crippen LogP contribution in [0.25, 0.3) is 0 Å². The van der Waals surface area contributed by atoms with Gasteiger partial charge in [0.05, 0.1) is 0 Å². The van der Waals surface area contributed by atoms with E-state index in [1.807, 2.05) is 6.26 Å². The molecular weight excluding hydrogens is 226 g/mol. The van der Waals surface area contributed by atoms with Crippen molar-refractivity contribution >= 4 is 23.6 Å². The highest BCUT2D eigenvalue weighted by molar-refractivity contribution is 7.98. The van der Waals surface area contributed by atoms with Crippen molar-refractivity contribution in [2.75, 3.05) is 12.0 Å². The zero-order valence-electron chi connectivity index (χ0n) is 10.6. The van der Waals surface area contributed by atoms with Gasteiger partial charge >= 0.3 is 5.97 Å². The van der Waals surface area contributed by atoms with Crippen LogP contribution in [0.4, 0.5) is 0 Å². The van der Waals surface area contributed by atoms with Crippen molar-refractivity contribution in [3.8, 4) is 0 Å². The van der Waals surface area contributed by atoms with E-state index in [0.717, 1.165) is 5.75 Å². The van der Waals surface area contributed by atoms with Gasteiger partial charge in [0.15, 0.2) is 0 Å². The van der Waals surface area contributed by atoms with Crippen LogP contribution in [0, 0.1) is 0 Å². The van der Waals surface area contributed by atoms with Gasteiger partial charge in [-0.25, -0.2) is 4.79 Å². The zero-order chi connectivity index (χ0) is 12.8. The average molecular weight is 247 g/mol. The number of rotatable bonds is 5. The van der Waals surface area contributed by atoms with Crippen LogP contribution in [0.5, 0.6) is 0 Å². The number of nitrogens with one attached hydrogen (secondary N) is 1. The summed E-state index contributed by atoms with van der Waals surface area (Å²) < 4.78 is 5.15. The Morgan fingerprint density at radius 2 is 1.94 bits per heavy atom. The zero-order valence-corrected chi connectivity index (χ0v) is 11.4. The quantitative estimate of drug-likeness (QED) is 0.750. The maximum atomic E-state index is 11.5. The Labute approximate surface area is 101 Å². The number of thioether (sulfide) groups is 1. The Bertz CT molecular complexity index is 248. The number of hydrogen-bond donors (Lipinski definition) is 1. The highest BCUT2D eigenvalue weighted by Crippen LogP contribution is 2.08. The van der Waals surface area contributed by atoms with Gasteiger partial charge in [-0.05, 0) is 34.0 Å². The Morgan fingerprint density at radius 3 is 2.38 bits per heavy atom. The molecule has 0 aromatic carbocycles. The van der Waals surface area contributed by atoms with Crippen LogP contribution in [-0.2, 0) is 14.3 Å². The standard InChI is InChI=1S/C11H21NO3S/c1-8(10(14)15-11(2,3)4)12-9(13)6-7-16-5/h8H,6-7H2,1-5H3,(H,12,13)/t8-/m1/s1. The molecule has 0 unspecified atom stereocenters. The number of ether oxygens (including phenoxy) is 1. The van der Waals surface area contributed by atoms with E-state index in [2.05, 4.69) is 5.32 Å². The van der Waals surface area contributed by atoms with E-state index in [-0.39, 0.29) is 5.91 Å². The molecular formula is C11H21NO3S. The van der Waals surface area contributed by atoms with Crippen LogP contribution < -0.4 is 5.32 Å². The Balaban J connectivity index is 4.01. The Morgan fingerprint density at radius 1 is 1.38 bits per heavy atom. The third-order valence-electron chi connectivity index (χ3n) is 1.67. The third kappa shape index (κ3) is 7.56. The number of hydrogen-bond acceptors (Lipinski definition) is 4. The summed E-state index contributed by atoms with van der Waals surface area (Å²) in [6, 6.07) is -0.589. The highest BCUT2D eigenvalue weighted by atomic mass is 32.2. The van der Waals surface area contributed by atoms with Crippen molar-refractivity contribution in [1.82, 2.24) is 5.32 Å². The molecule has 1 atom stereocenters. The lowest BCUT2D eigenvalue weighted by Gasteiger charge is -2.22. The molecule has 0 heterocycles. The summed E-state index contributed by atoms with van der Waals surface area (Å²) in [5.41, 5.74) is -0.519. The minimum atomic E-state index is -0.589. The van der Waals surface area contributed by atoms with Gasteiger partial charge in [0.2, 0.25) is 5.91 Å². The van der Waals surface area contributed by atoms with Crippen molar-refractivity contribution < 1.29 is 14.3 Å². The van der Waals surface area contributed by atoms with E-state index < -0.39 is 17.6 Å². The Kier molecular flexibility index (Phi) is 6.48. The Hall–Kier alpha value is -0.710. The SMILES string of the molecule is CSCCC(=O)N[C@H](C)C(=O)OC(C)(C)C. The predicted octanol–water partition coefficient (Wildman–Crippen LogP) is 1.59. The fourth-order valence-electron chi connectivity index (χ4n) is 0.958. The summed E-state index contributed by atoms with van der Waals surface area (Å²) >= 11 is 1.60. The molecule has 0 aliphatic carbocycles. The first kappa shape index (κ1) is 15.3. The monoisotopic (exact) mass is 247 g/mol. The average Bonchev–Trinajstić information content (AvgIpc) is 2.11. The highest BCUT2D eigenvalue weighted by Gasteiger charge is 2.22. The van der Waals surface area contributed by atoms with E-state index in [1.54, 1.807) is 39.5 Å². The molecule has 0 rings (SSSR count). The molecule has 0 saturated carbocycles. The second-order valence-electron chi connectivity index (χ2n) is 4.57. The summed E-state index contributed by atoms with van der Waals surface area (Å²) in [7, 11) is 0. The molecule has 0 aromatic rings. The van der Waals surface area contributed by atoms with Crippen molar-refractivity contribution in [3.63, 3.8) is 0 Å². The summed E-state index contributed by atoms with van der Waals surface area (Å²) in [5.74, 6) is 0.241. The van der Waals surface area contributed by atoms with E-state index in [4.69, 9.17) is 4.74 Å². The second-order valence-corrected chi connectivity index (χ2v) is 5.55. The summed E-state index contributed by atoms with van der Waals surface area (Å²) in [6.45, 7) is 7.03. The van der Waals surface area contributed by atoms with Gasteiger partial charge in [-0.2, -0.15) is 11.8 Å². The molecule has 0 radical (unpaired) electrons. The van der Waals surface area contributed by atoms with Crippen molar-refractivity contribution in [2.45, 2.75) is 45.8 Å². The molecule has 94 valence electrons. The van der Waals surface area contributed by atoms with Crippen molar-refractivity contribution in [3.05, 3.63) is 0 Å². The van der Waals surface area contributed by atoms with Gasteiger partial charge in [-0.3, -0.25) is 4.79 Å². The van der Waals surface area contributed by atoms with Gasteiger partial charge in [0.25, 0.3) is 0 Å². The van der Waals surface area contributed by atoms with Crippen molar-refractivity contribution in [2.24, 2.45) is 0 Å². The predicted molar refractivity (Wildman–Crippen MR) is 66.4 cm³/mol. The first-order chi connectivity index (χ1) is 7.26. The lowest BCUT2D eigenvalue weighted by Crippen LogP contribution is -2.42. The van der Waals surface area contributed by atoms with E-state index in [9.17, 15) is 9.59 Å². The van der Waals surface area contributed by atoms with Crippen LogP contribution in [0.15, 0.2) is 0 Å². The molecule has 0 aromatic heterocycles. The summed E-state index contributed by atoms with van der Waals surface area (Å²) in [6.07, 6.45) is 2.36. The smallest absolute Gasteiger partial charge is 0.328 e. The molecule has 1 N–H and O–H groups in total. The van der Waals surface area contributed by atoms with Crippen LogP contribution in [-0.4, -0.2) is 35.5 Å². The molecule has 4 nitrogen and oxygen atoms in total. The van der Waals surface area contributed by atoms with Crippen molar-refractivity contribution in [1.29, 1.82) is 0 Å². The molecule has 0 bridgehead atoms. The van der Waals surface area contributed by atoms with Crippen LogP contribution in [0.1, 0.15) is 34.1 Å². The summed E-state index contributed by atoms with van der Waals surface area (Å²) in [5, 5.41) is 2.61. The number of carbonyl (C=O) groups excluding carboxylic acids is 2. The van der Waals surface area contributed by atoms with E-state index >= 15 is 0 Å². The lowest BCUT2D eigenvalue weighted by molar-refractivity contribution is -0.158. The second kappa shape index (κ2) is 6.78. The van der Waals surface area contributed by atoms with Crippen LogP contribution in [0.2, 0.25) is 0 Å². The maximum Gasteiger partial charge on any atom is 0.328 e. The summed E-state index contributed by atoms with van der Waals surface area (Å²) in [4.78, 5) is 22.9. The molecule has 0 aliphatic rings. The van der Waals surface area contributed by atoms with Gasteiger partial charge in [-0.1, -0.05) is 0 Å². The van der Waals surface area contributed by atoms with E-state index in [1.165, 1.54) is 0 Å². The number of carbonyl (C=O) groups is 2. The maximum absolute atomic E-state index is 11.5. The molecule has 0 fully saturated rings. The fraction of sp³-hybridized carbons (Fsp3) is 0.818. The van der Waals surface area contributed by atoms with E-state index in [0.29, 0.717) is 6.42 Å². The number of amides is 1. The third-order valence-corrected chi connectivity index (χ3v) is 2.28.